The monoisotopic (exact) mass is 253 g/mol. The molecule has 0 spiro atoms. The summed E-state index contributed by atoms with van der Waals surface area (Å²) in [5.74, 6) is -0.0762. The van der Waals surface area contributed by atoms with E-state index < -0.39 is 12.7 Å². The molecule has 0 aromatic rings. The Labute approximate surface area is 110 Å². The van der Waals surface area contributed by atoms with Crippen LogP contribution in [0.3, 0.4) is 0 Å². The zero-order chi connectivity index (χ0) is 13.9. The van der Waals surface area contributed by atoms with Gasteiger partial charge in [0.05, 0.1) is 5.92 Å². The third-order valence-corrected chi connectivity index (χ3v) is 2.94. The molecule has 3 atom stereocenters. The molecule has 1 fully saturated rings. The zero-order valence-corrected chi connectivity index (χ0v) is 11.8. The van der Waals surface area contributed by atoms with Crippen molar-refractivity contribution in [2.45, 2.75) is 52.1 Å². The van der Waals surface area contributed by atoms with E-state index in [1.165, 1.54) is 0 Å². The van der Waals surface area contributed by atoms with Crippen LogP contribution in [0.2, 0.25) is 6.82 Å². The molecule has 2 N–H and O–H groups in total. The number of hydrogen-bond donors (Lipinski definition) is 2. The normalized spacial score (nSPS) is 24.3. The molecule has 0 bridgehead atoms. The largest absolute Gasteiger partial charge is 0.460 e. The fourth-order valence-corrected chi connectivity index (χ4v) is 2.16. The summed E-state index contributed by atoms with van der Waals surface area (Å²) in [6, 6.07) is 0.211. The van der Waals surface area contributed by atoms with Gasteiger partial charge in [0.15, 0.2) is 0 Å². The smallest absolute Gasteiger partial charge is 0.373 e. The molecular formula is C13H24BNO3. The van der Waals surface area contributed by atoms with Crippen LogP contribution >= 0.6 is 0 Å². The number of carbonyl (C=O) groups excluding carboxylic acids is 1. The van der Waals surface area contributed by atoms with Crippen LogP contribution in [-0.2, 0) is 9.53 Å². The maximum absolute atomic E-state index is 12.1. The summed E-state index contributed by atoms with van der Waals surface area (Å²) in [7, 11) is -0.539. The molecule has 3 unspecified atom stereocenters. The van der Waals surface area contributed by atoms with Gasteiger partial charge in [0.1, 0.15) is 5.60 Å². The summed E-state index contributed by atoms with van der Waals surface area (Å²) in [6.45, 7) is 11.0. The fraction of sp³-hybridized carbons (Fsp3) is 0.769. The minimum absolute atomic E-state index is 0.155. The van der Waals surface area contributed by atoms with Gasteiger partial charge in [-0.05, 0) is 46.4 Å². The highest BCUT2D eigenvalue weighted by Gasteiger charge is 2.47. The lowest BCUT2D eigenvalue weighted by atomic mass is 9.88. The molecule has 5 heteroatoms. The second-order valence-electron chi connectivity index (χ2n) is 6.01. The highest BCUT2D eigenvalue weighted by molar-refractivity contribution is 6.45. The van der Waals surface area contributed by atoms with Crippen LogP contribution < -0.4 is 5.23 Å². The van der Waals surface area contributed by atoms with Crippen molar-refractivity contribution in [1.82, 2.24) is 5.23 Å². The summed E-state index contributed by atoms with van der Waals surface area (Å²) in [5, 5.41) is 12.3. The van der Waals surface area contributed by atoms with Gasteiger partial charge in [-0.1, -0.05) is 6.08 Å². The molecule has 102 valence electrons. The first-order chi connectivity index (χ1) is 8.24. The van der Waals surface area contributed by atoms with Gasteiger partial charge in [0.2, 0.25) is 0 Å². The number of nitrogens with one attached hydrogen (secondary N) is 1. The number of rotatable bonds is 6. The average molecular weight is 253 g/mol. The van der Waals surface area contributed by atoms with Gasteiger partial charge in [-0.15, -0.1) is 6.58 Å². The Kier molecular flexibility index (Phi) is 4.99. The Hall–Kier alpha value is -0.805. The first-order valence-corrected chi connectivity index (χ1v) is 6.52. The third-order valence-electron chi connectivity index (χ3n) is 2.94. The fourth-order valence-electron chi connectivity index (χ4n) is 2.16. The standard InChI is InChI=1S/C13H24BNO3/c1-6-7-9(12(16)18-13(2,3)4)10-8-11(10)15-14(5)17/h6,9-11,15,17H,1,7-8H2,2-5H3. The van der Waals surface area contributed by atoms with E-state index in [1.54, 1.807) is 12.9 Å². The molecular weight excluding hydrogens is 229 g/mol. The van der Waals surface area contributed by atoms with Gasteiger partial charge in [0.25, 0.3) is 0 Å². The van der Waals surface area contributed by atoms with Gasteiger partial charge < -0.3 is 15.0 Å². The quantitative estimate of drug-likeness (QED) is 0.429. The molecule has 0 heterocycles. The van der Waals surface area contributed by atoms with Crippen LogP contribution in [0.4, 0.5) is 0 Å². The summed E-state index contributed by atoms with van der Waals surface area (Å²) in [4.78, 5) is 12.1. The SMILES string of the molecule is C=CCC(C(=O)OC(C)(C)C)C1CC1NB(C)O. The van der Waals surface area contributed by atoms with Gasteiger partial charge in [-0.25, -0.2) is 0 Å². The first-order valence-electron chi connectivity index (χ1n) is 6.52. The number of hydrogen-bond acceptors (Lipinski definition) is 4. The minimum atomic E-state index is -0.539. The van der Waals surface area contributed by atoms with Gasteiger partial charge in [-0.3, -0.25) is 4.79 Å². The summed E-state index contributed by atoms with van der Waals surface area (Å²) in [5.41, 5.74) is -0.460. The van der Waals surface area contributed by atoms with Crippen molar-refractivity contribution in [2.75, 3.05) is 0 Å². The molecule has 4 nitrogen and oxygen atoms in total. The molecule has 0 aromatic carbocycles. The highest BCUT2D eigenvalue weighted by atomic mass is 16.6. The van der Waals surface area contributed by atoms with E-state index in [4.69, 9.17) is 4.74 Å². The van der Waals surface area contributed by atoms with E-state index in [2.05, 4.69) is 11.8 Å². The zero-order valence-electron chi connectivity index (χ0n) is 11.8. The molecule has 1 saturated carbocycles. The Morgan fingerprint density at radius 2 is 2.28 bits per heavy atom. The van der Waals surface area contributed by atoms with Crippen LogP contribution in [0.15, 0.2) is 12.7 Å². The average Bonchev–Trinajstić information content (AvgIpc) is 2.89. The van der Waals surface area contributed by atoms with Gasteiger partial charge >= 0.3 is 13.0 Å². The number of esters is 1. The van der Waals surface area contributed by atoms with Crippen LogP contribution in [0, 0.1) is 11.8 Å². The predicted octanol–water partition coefficient (Wildman–Crippen LogP) is 1.61. The Bertz CT molecular complexity index is 312. The van der Waals surface area contributed by atoms with Crippen LogP contribution in [0.25, 0.3) is 0 Å². The van der Waals surface area contributed by atoms with Gasteiger partial charge in [0, 0.05) is 6.04 Å². The molecule has 1 rings (SSSR count). The van der Waals surface area contributed by atoms with Crippen molar-refractivity contribution in [1.29, 1.82) is 0 Å². The van der Waals surface area contributed by atoms with E-state index in [0.717, 1.165) is 6.42 Å². The molecule has 1 aliphatic carbocycles. The van der Waals surface area contributed by atoms with E-state index in [1.807, 2.05) is 20.8 Å². The van der Waals surface area contributed by atoms with Crippen LogP contribution in [0.5, 0.6) is 0 Å². The second kappa shape index (κ2) is 5.89. The lowest BCUT2D eigenvalue weighted by Gasteiger charge is -2.23. The molecule has 1 aliphatic rings. The summed E-state index contributed by atoms with van der Waals surface area (Å²) < 4.78 is 5.43. The van der Waals surface area contributed by atoms with Crippen molar-refractivity contribution < 1.29 is 14.6 Å². The van der Waals surface area contributed by atoms with Crippen LogP contribution in [0.1, 0.15) is 33.6 Å². The van der Waals surface area contributed by atoms with E-state index in [9.17, 15) is 9.82 Å². The summed E-state index contributed by atoms with van der Waals surface area (Å²) >= 11 is 0. The molecule has 0 aliphatic heterocycles. The maximum atomic E-state index is 12.1. The van der Waals surface area contributed by atoms with Crippen molar-refractivity contribution in [3.63, 3.8) is 0 Å². The van der Waals surface area contributed by atoms with Crippen molar-refractivity contribution in [3.05, 3.63) is 12.7 Å². The summed E-state index contributed by atoms with van der Waals surface area (Å²) in [6.07, 6.45) is 3.28. The number of carbonyl (C=O) groups is 1. The molecule has 0 amide bonds. The molecule has 0 saturated heterocycles. The number of ether oxygens (including phenoxy) is 1. The Morgan fingerprint density at radius 3 is 2.72 bits per heavy atom. The topological polar surface area (TPSA) is 58.6 Å². The molecule has 18 heavy (non-hydrogen) atoms. The lowest BCUT2D eigenvalue weighted by Crippen LogP contribution is -2.36. The third kappa shape index (κ3) is 4.82. The van der Waals surface area contributed by atoms with E-state index in [0.29, 0.717) is 6.42 Å². The van der Waals surface area contributed by atoms with Gasteiger partial charge in [-0.2, -0.15) is 0 Å². The predicted molar refractivity (Wildman–Crippen MR) is 73.0 cm³/mol. The second-order valence-corrected chi connectivity index (χ2v) is 6.01. The van der Waals surface area contributed by atoms with Crippen molar-refractivity contribution in [3.8, 4) is 0 Å². The van der Waals surface area contributed by atoms with E-state index >= 15 is 0 Å². The molecule has 0 radical (unpaired) electrons. The molecule has 0 aromatic heterocycles. The Morgan fingerprint density at radius 1 is 1.67 bits per heavy atom. The number of allylic oxidation sites excluding steroid dienone is 1. The minimum Gasteiger partial charge on any atom is -0.460 e. The first kappa shape index (κ1) is 15.3. The Balaban J connectivity index is 2.56. The van der Waals surface area contributed by atoms with Crippen LogP contribution in [-0.4, -0.2) is 29.7 Å². The lowest BCUT2D eigenvalue weighted by molar-refractivity contribution is -0.160. The van der Waals surface area contributed by atoms with Crippen molar-refractivity contribution in [2.24, 2.45) is 11.8 Å². The maximum Gasteiger partial charge on any atom is 0.373 e. The highest BCUT2D eigenvalue weighted by Crippen LogP contribution is 2.40. The van der Waals surface area contributed by atoms with Crippen molar-refractivity contribution >= 4 is 13.0 Å². The van der Waals surface area contributed by atoms with E-state index in [-0.39, 0.29) is 23.8 Å².